The minimum Gasteiger partial charge on any atom is -0.508 e. The monoisotopic (exact) mass is 462 g/mol. The first kappa shape index (κ1) is 23.2. The van der Waals surface area contributed by atoms with Gasteiger partial charge in [0.1, 0.15) is 34.2 Å². The van der Waals surface area contributed by atoms with Gasteiger partial charge in [-0.25, -0.2) is 0 Å². The van der Waals surface area contributed by atoms with Crippen LogP contribution in [0.1, 0.15) is 57.6 Å². The van der Waals surface area contributed by atoms with E-state index in [9.17, 15) is 23.1 Å². The molecule has 0 bridgehead atoms. The van der Waals surface area contributed by atoms with Gasteiger partial charge in [-0.2, -0.15) is 0 Å². The van der Waals surface area contributed by atoms with Crippen molar-refractivity contribution in [1.29, 1.82) is 0 Å². The fraction of sp³-hybridized carbons (Fsp3) is 0.400. The number of benzene rings is 2. The highest BCUT2D eigenvalue weighted by molar-refractivity contribution is 6.26. The molecule has 5 nitrogen and oxygen atoms in total. The summed E-state index contributed by atoms with van der Waals surface area (Å²) in [7, 11) is 0. The molecular weight excluding hydrogens is 437 g/mol. The van der Waals surface area contributed by atoms with Crippen LogP contribution >= 0.6 is 0 Å². The van der Waals surface area contributed by atoms with E-state index in [1.54, 1.807) is 39.8 Å². The van der Waals surface area contributed by atoms with Gasteiger partial charge in [0.15, 0.2) is 5.78 Å². The second kappa shape index (κ2) is 7.80. The molecule has 0 atom stereocenters. The number of hydrogen-bond donors (Lipinski definition) is 1. The third-order valence-corrected chi connectivity index (χ3v) is 5.70. The highest BCUT2D eigenvalue weighted by Gasteiger charge is 2.48. The Morgan fingerprint density at radius 3 is 2.09 bits per heavy atom. The first-order valence-electron chi connectivity index (χ1n) is 10.6. The lowest BCUT2D eigenvalue weighted by molar-refractivity contribution is -0.274. The number of carbonyl (C=O) groups is 1. The van der Waals surface area contributed by atoms with Crippen molar-refractivity contribution in [3.8, 4) is 17.2 Å². The highest BCUT2D eigenvalue weighted by Crippen LogP contribution is 2.48. The van der Waals surface area contributed by atoms with Crippen LogP contribution in [-0.4, -0.2) is 28.5 Å². The predicted molar refractivity (Wildman–Crippen MR) is 115 cm³/mol. The summed E-state index contributed by atoms with van der Waals surface area (Å²) in [4.78, 5) is 13.3. The zero-order chi connectivity index (χ0) is 24.2. The van der Waals surface area contributed by atoms with Crippen molar-refractivity contribution in [3.63, 3.8) is 0 Å². The van der Waals surface area contributed by atoms with E-state index in [1.165, 1.54) is 12.1 Å². The first-order chi connectivity index (χ1) is 15.3. The lowest BCUT2D eigenvalue weighted by Crippen LogP contribution is -2.49. The molecule has 1 fully saturated rings. The number of halogens is 3. The normalized spacial score (nSPS) is 20.0. The van der Waals surface area contributed by atoms with Crippen LogP contribution < -0.4 is 9.47 Å². The van der Waals surface area contributed by atoms with Gasteiger partial charge in [0, 0.05) is 0 Å². The summed E-state index contributed by atoms with van der Waals surface area (Å²) >= 11 is 0. The van der Waals surface area contributed by atoms with E-state index in [2.05, 4.69) is 4.74 Å². The number of ether oxygens (including phenoxy) is 3. The molecule has 176 valence electrons. The lowest BCUT2D eigenvalue weighted by atomic mass is 9.81. The van der Waals surface area contributed by atoms with Crippen molar-refractivity contribution in [1.82, 2.24) is 0 Å². The summed E-state index contributed by atoms with van der Waals surface area (Å²) in [5, 5.41) is 11.0. The number of rotatable bonds is 5. The Labute approximate surface area is 189 Å². The van der Waals surface area contributed by atoms with Crippen molar-refractivity contribution >= 4 is 11.4 Å². The Bertz CT molecular complexity index is 1110. The number of alkyl halides is 3. The number of aliphatic hydroxyl groups is 1. The van der Waals surface area contributed by atoms with Crippen LogP contribution in [0.2, 0.25) is 0 Å². The van der Waals surface area contributed by atoms with Gasteiger partial charge < -0.3 is 19.3 Å². The average Bonchev–Trinajstić information content (AvgIpc) is 3.52. The maximum atomic E-state index is 13.3. The van der Waals surface area contributed by atoms with Crippen molar-refractivity contribution in [3.05, 3.63) is 59.4 Å². The number of aliphatic hydroxyl groups excluding tert-OH is 1. The minimum absolute atomic E-state index is 0.139. The quantitative estimate of drug-likeness (QED) is 0.537. The SMILES string of the molecule is CC1(C)OC(C)(C)C(O)=C(c2cc(Oc3ccc(OC(F)(F)F)cc3)ccc2C2CC2)C1=O. The lowest BCUT2D eigenvalue weighted by Gasteiger charge is -2.40. The molecule has 1 aliphatic heterocycles. The van der Waals surface area contributed by atoms with Gasteiger partial charge in [-0.05, 0) is 94.0 Å². The van der Waals surface area contributed by atoms with Crippen molar-refractivity contribution in [2.45, 2.75) is 64.0 Å². The van der Waals surface area contributed by atoms with E-state index in [0.717, 1.165) is 30.5 Å². The number of hydrogen-bond acceptors (Lipinski definition) is 5. The van der Waals surface area contributed by atoms with E-state index in [1.807, 2.05) is 6.07 Å². The van der Waals surface area contributed by atoms with Gasteiger partial charge in [-0.15, -0.1) is 13.2 Å². The van der Waals surface area contributed by atoms with E-state index >= 15 is 0 Å². The standard InChI is InChI=1S/C25H25F3O5/c1-23(2)21(29)20(22(30)24(3,4)33-23)19-13-17(11-12-18(19)14-5-6-14)31-15-7-9-16(10-8-15)32-25(26,27)28/h7-14,29H,5-6H2,1-4H3. The fourth-order valence-electron chi connectivity index (χ4n) is 4.10. The molecule has 0 radical (unpaired) electrons. The van der Waals surface area contributed by atoms with Gasteiger partial charge in [0.05, 0.1) is 5.57 Å². The van der Waals surface area contributed by atoms with E-state index in [-0.39, 0.29) is 28.8 Å². The van der Waals surface area contributed by atoms with E-state index < -0.39 is 17.6 Å². The van der Waals surface area contributed by atoms with Crippen LogP contribution in [0.3, 0.4) is 0 Å². The topological polar surface area (TPSA) is 65.0 Å². The molecule has 1 N–H and O–H groups in total. The van der Waals surface area contributed by atoms with Crippen LogP contribution in [0.25, 0.3) is 5.57 Å². The fourth-order valence-corrected chi connectivity index (χ4v) is 4.10. The molecule has 2 aliphatic rings. The van der Waals surface area contributed by atoms with Crippen molar-refractivity contribution < 1.29 is 37.3 Å². The third-order valence-electron chi connectivity index (χ3n) is 5.70. The van der Waals surface area contributed by atoms with Crippen LogP contribution in [0.15, 0.2) is 48.2 Å². The first-order valence-corrected chi connectivity index (χ1v) is 10.6. The maximum Gasteiger partial charge on any atom is 0.573 e. The second-order valence-corrected chi connectivity index (χ2v) is 9.32. The van der Waals surface area contributed by atoms with Gasteiger partial charge in [-0.3, -0.25) is 4.79 Å². The third kappa shape index (κ3) is 4.85. The highest BCUT2D eigenvalue weighted by atomic mass is 19.4. The molecule has 2 aromatic rings. The summed E-state index contributed by atoms with van der Waals surface area (Å²) in [6.07, 6.45) is -2.80. The molecule has 33 heavy (non-hydrogen) atoms. The number of carbonyl (C=O) groups excluding carboxylic acids is 1. The summed E-state index contributed by atoms with van der Waals surface area (Å²) in [5.41, 5.74) is -0.452. The molecule has 2 aromatic carbocycles. The van der Waals surface area contributed by atoms with Gasteiger partial charge >= 0.3 is 6.36 Å². The van der Waals surface area contributed by atoms with Crippen LogP contribution in [-0.2, 0) is 9.53 Å². The van der Waals surface area contributed by atoms with E-state index in [0.29, 0.717) is 17.1 Å². The Morgan fingerprint density at radius 2 is 1.52 bits per heavy atom. The molecule has 0 unspecified atom stereocenters. The number of ketones is 1. The smallest absolute Gasteiger partial charge is 0.508 e. The van der Waals surface area contributed by atoms with Gasteiger partial charge in [0.25, 0.3) is 0 Å². The maximum absolute atomic E-state index is 13.3. The molecule has 0 spiro atoms. The van der Waals surface area contributed by atoms with Crippen LogP contribution in [0.4, 0.5) is 13.2 Å². The zero-order valence-electron chi connectivity index (χ0n) is 18.7. The van der Waals surface area contributed by atoms with Crippen molar-refractivity contribution in [2.24, 2.45) is 0 Å². The number of Topliss-reactive ketones (excluding diaryl/α,β-unsaturated/α-hetero) is 1. The zero-order valence-corrected chi connectivity index (χ0v) is 18.7. The van der Waals surface area contributed by atoms with Crippen LogP contribution in [0.5, 0.6) is 17.2 Å². The molecule has 0 aromatic heterocycles. The minimum atomic E-state index is -4.77. The second-order valence-electron chi connectivity index (χ2n) is 9.32. The Balaban J connectivity index is 1.71. The Morgan fingerprint density at radius 1 is 0.939 bits per heavy atom. The van der Waals surface area contributed by atoms with Gasteiger partial charge in [0.2, 0.25) is 0 Å². The molecule has 4 rings (SSSR count). The van der Waals surface area contributed by atoms with E-state index in [4.69, 9.17) is 9.47 Å². The molecule has 0 saturated heterocycles. The summed E-state index contributed by atoms with van der Waals surface area (Å²) in [6.45, 7) is 6.76. The molecule has 1 heterocycles. The van der Waals surface area contributed by atoms with Crippen LogP contribution in [0, 0.1) is 0 Å². The summed E-state index contributed by atoms with van der Waals surface area (Å²) in [5.74, 6) is 0.148. The Hall–Kier alpha value is -3.00. The summed E-state index contributed by atoms with van der Waals surface area (Å²) in [6, 6.07) is 10.3. The molecule has 8 heteroatoms. The molecule has 1 saturated carbocycles. The summed E-state index contributed by atoms with van der Waals surface area (Å²) < 4.78 is 52.7. The van der Waals surface area contributed by atoms with Crippen molar-refractivity contribution in [2.75, 3.05) is 0 Å². The average molecular weight is 462 g/mol. The van der Waals surface area contributed by atoms with Gasteiger partial charge in [-0.1, -0.05) is 6.07 Å². The Kier molecular flexibility index (Phi) is 5.47. The molecule has 1 aliphatic carbocycles. The largest absolute Gasteiger partial charge is 0.573 e. The molecular formula is C25H25F3O5. The molecule has 0 amide bonds. The predicted octanol–water partition coefficient (Wildman–Crippen LogP) is 6.68.